The van der Waals surface area contributed by atoms with Crippen molar-refractivity contribution in [2.24, 2.45) is 0 Å². The minimum absolute atomic E-state index is 0.0884. The smallest absolute Gasteiger partial charge is 0.263 e. The lowest BCUT2D eigenvalue weighted by atomic mass is 10.0. The summed E-state index contributed by atoms with van der Waals surface area (Å²) in [6, 6.07) is 1.80. The van der Waals surface area contributed by atoms with E-state index in [2.05, 4.69) is 29.8 Å². The van der Waals surface area contributed by atoms with Crippen LogP contribution < -0.4 is 5.44 Å². The van der Waals surface area contributed by atoms with Crippen molar-refractivity contribution in [3.63, 3.8) is 0 Å². The first-order chi connectivity index (χ1) is 9.60. The molecule has 20 heavy (non-hydrogen) atoms. The van der Waals surface area contributed by atoms with Crippen LogP contribution in [-0.4, -0.2) is 28.2 Å². The van der Waals surface area contributed by atoms with E-state index in [1.165, 1.54) is 4.90 Å². The van der Waals surface area contributed by atoms with Gasteiger partial charge in [-0.3, -0.25) is 19.5 Å². The fourth-order valence-electron chi connectivity index (χ4n) is 2.16. The maximum Gasteiger partial charge on any atom is 0.263 e. The molecule has 0 aliphatic carbocycles. The van der Waals surface area contributed by atoms with E-state index < -0.39 is 7.30 Å². The van der Waals surface area contributed by atoms with E-state index in [-0.39, 0.29) is 11.8 Å². The van der Waals surface area contributed by atoms with Crippen molar-refractivity contribution in [1.82, 2.24) is 9.88 Å². The number of pyridine rings is 1. The zero-order chi connectivity index (χ0) is 14.7. The Bertz CT molecular complexity index is 538. The van der Waals surface area contributed by atoms with Crippen molar-refractivity contribution in [3.8, 4) is 0 Å². The first-order valence-corrected chi connectivity index (χ1v) is 13.0. The SMILES string of the molecule is CCCCN1C(=O)Cc2ccnc(P(P)PP)c2C1=O. The molecule has 1 aliphatic rings. The van der Waals surface area contributed by atoms with Gasteiger partial charge in [0.05, 0.1) is 17.4 Å². The Labute approximate surface area is 126 Å². The fraction of sp³-hybridized carbons (Fsp3) is 0.417. The molecule has 1 aromatic rings. The summed E-state index contributed by atoms with van der Waals surface area (Å²) >= 11 is 0. The molecule has 2 amide bonds. The van der Waals surface area contributed by atoms with Crippen LogP contribution in [0.15, 0.2) is 12.3 Å². The van der Waals surface area contributed by atoms with Gasteiger partial charge in [-0.05, 0) is 25.3 Å². The predicted octanol–water partition coefficient (Wildman–Crippen LogP) is 2.69. The number of carbonyl (C=O) groups is 2. The molecule has 4 atom stereocenters. The minimum Gasteiger partial charge on any atom is -0.278 e. The number of rotatable bonds is 5. The van der Waals surface area contributed by atoms with Gasteiger partial charge in [0.2, 0.25) is 5.91 Å². The van der Waals surface area contributed by atoms with Gasteiger partial charge in [-0.25, -0.2) is 0 Å². The Morgan fingerprint density at radius 2 is 2.25 bits per heavy atom. The van der Waals surface area contributed by atoms with Gasteiger partial charge in [0.1, 0.15) is 0 Å². The molecule has 108 valence electrons. The molecule has 2 rings (SSSR count). The fourth-order valence-corrected chi connectivity index (χ4v) is 5.52. The van der Waals surface area contributed by atoms with Crippen LogP contribution in [0.25, 0.3) is 0 Å². The van der Waals surface area contributed by atoms with Gasteiger partial charge in [0.15, 0.2) is 0 Å². The molecule has 0 saturated heterocycles. The molecule has 0 radical (unpaired) electrons. The molecule has 0 N–H and O–H groups in total. The summed E-state index contributed by atoms with van der Waals surface area (Å²) in [6.07, 6.45) is 3.84. The molecule has 0 aromatic carbocycles. The van der Waals surface area contributed by atoms with Gasteiger partial charge in [-0.2, -0.15) is 0 Å². The van der Waals surface area contributed by atoms with Crippen LogP contribution in [0.1, 0.15) is 35.7 Å². The lowest BCUT2D eigenvalue weighted by Gasteiger charge is -2.28. The maximum atomic E-state index is 12.6. The highest BCUT2D eigenvalue weighted by atomic mass is 32.6. The van der Waals surface area contributed by atoms with Crippen molar-refractivity contribution in [1.29, 1.82) is 0 Å². The molecular weight excluding hydrogens is 328 g/mol. The number of carbonyl (C=O) groups excluding carboxylic acids is 2. The second-order valence-corrected chi connectivity index (χ2v) is 13.6. The lowest BCUT2D eigenvalue weighted by molar-refractivity contribution is -0.128. The van der Waals surface area contributed by atoms with Crippen LogP contribution in [0.2, 0.25) is 0 Å². The first kappa shape index (κ1) is 16.4. The van der Waals surface area contributed by atoms with Gasteiger partial charge < -0.3 is 0 Å². The van der Waals surface area contributed by atoms with Crippen molar-refractivity contribution in [3.05, 3.63) is 23.4 Å². The highest BCUT2D eigenvalue weighted by molar-refractivity contribution is 8.63. The Hall–Kier alpha value is 0.01000. The third-order valence-corrected chi connectivity index (χ3v) is 13.0. The highest BCUT2D eigenvalue weighted by Gasteiger charge is 2.33. The van der Waals surface area contributed by atoms with Crippen molar-refractivity contribution in [2.75, 3.05) is 6.54 Å². The lowest BCUT2D eigenvalue weighted by Crippen LogP contribution is -2.45. The van der Waals surface area contributed by atoms with E-state index in [0.717, 1.165) is 23.8 Å². The highest BCUT2D eigenvalue weighted by Crippen LogP contribution is 2.65. The number of fused-ring (bicyclic) bond motifs is 1. The van der Waals surface area contributed by atoms with Crippen molar-refractivity contribution < 1.29 is 9.59 Å². The zero-order valence-electron chi connectivity index (χ0n) is 11.3. The number of imide groups is 1. The average Bonchev–Trinajstić information content (AvgIpc) is 2.45. The van der Waals surface area contributed by atoms with Crippen molar-refractivity contribution >= 4 is 50.4 Å². The molecule has 4 nitrogen and oxygen atoms in total. The number of nitrogens with zero attached hydrogens (tertiary/aromatic N) is 2. The molecule has 2 heterocycles. The zero-order valence-corrected chi connectivity index (χ0v) is 15.5. The Balaban J connectivity index is 2.41. The molecule has 1 aliphatic heterocycles. The number of unbranched alkanes of at least 4 members (excludes halogenated alkanes) is 1. The number of aromatic nitrogens is 1. The summed E-state index contributed by atoms with van der Waals surface area (Å²) in [4.78, 5) is 30.5. The normalized spacial score (nSPS) is 16.9. The quantitative estimate of drug-likeness (QED) is 0.609. The summed E-state index contributed by atoms with van der Waals surface area (Å²) in [7, 11) is 5.62. The summed E-state index contributed by atoms with van der Waals surface area (Å²) in [5.41, 5.74) is 2.35. The molecular formula is C12H18N2O2P4. The molecule has 0 bridgehead atoms. The van der Waals surface area contributed by atoms with Gasteiger partial charge in [0, 0.05) is 12.7 Å². The largest absolute Gasteiger partial charge is 0.278 e. The van der Waals surface area contributed by atoms with Crippen LogP contribution in [0, 0.1) is 0 Å². The minimum atomic E-state index is -0.523. The Morgan fingerprint density at radius 3 is 2.90 bits per heavy atom. The first-order valence-electron chi connectivity index (χ1n) is 6.43. The molecule has 8 heteroatoms. The van der Waals surface area contributed by atoms with Gasteiger partial charge in [0.25, 0.3) is 5.91 Å². The van der Waals surface area contributed by atoms with Crippen LogP contribution in [-0.2, 0) is 11.2 Å². The van der Waals surface area contributed by atoms with Crippen LogP contribution in [0.5, 0.6) is 0 Å². The second-order valence-electron chi connectivity index (χ2n) is 4.55. The molecule has 0 saturated carbocycles. The van der Waals surface area contributed by atoms with E-state index >= 15 is 0 Å². The van der Waals surface area contributed by atoms with Crippen LogP contribution in [0.3, 0.4) is 0 Å². The van der Waals surface area contributed by atoms with Crippen molar-refractivity contribution in [2.45, 2.75) is 26.2 Å². The van der Waals surface area contributed by atoms with Crippen LogP contribution in [0.4, 0.5) is 0 Å². The Morgan fingerprint density at radius 1 is 1.50 bits per heavy atom. The predicted molar refractivity (Wildman–Crippen MR) is 93.2 cm³/mol. The topological polar surface area (TPSA) is 50.3 Å². The Kier molecular flexibility index (Phi) is 6.00. The number of hydrogen-bond acceptors (Lipinski definition) is 3. The molecule has 0 spiro atoms. The molecule has 0 fully saturated rings. The number of hydrogen-bond donors (Lipinski definition) is 0. The van der Waals surface area contributed by atoms with Gasteiger partial charge in [-0.15, -0.1) is 17.9 Å². The van der Waals surface area contributed by atoms with E-state index in [4.69, 9.17) is 0 Å². The van der Waals surface area contributed by atoms with Crippen LogP contribution >= 0.6 is 33.1 Å². The summed E-state index contributed by atoms with van der Waals surface area (Å²) in [6.45, 7) is 2.57. The van der Waals surface area contributed by atoms with E-state index in [1.54, 1.807) is 12.3 Å². The van der Waals surface area contributed by atoms with E-state index in [0.29, 0.717) is 26.5 Å². The average molecular weight is 346 g/mol. The standard InChI is InChI=1S/C12H18N2O2P4/c1-2-3-6-14-9(15)7-8-4-5-13-11(20(18)19-17)10(8)12(14)16/h4-5,19H,2-3,6-7,17-18H2,1H3. The third-order valence-electron chi connectivity index (χ3n) is 3.22. The number of amides is 2. The van der Waals surface area contributed by atoms with E-state index in [1.807, 2.05) is 0 Å². The monoisotopic (exact) mass is 346 g/mol. The maximum absolute atomic E-state index is 12.6. The van der Waals surface area contributed by atoms with Gasteiger partial charge in [-0.1, -0.05) is 21.3 Å². The summed E-state index contributed by atoms with van der Waals surface area (Å²) < 4.78 is 0. The summed E-state index contributed by atoms with van der Waals surface area (Å²) in [5.74, 6) is -0.250. The second kappa shape index (κ2) is 7.33. The van der Waals surface area contributed by atoms with E-state index in [9.17, 15) is 9.59 Å². The van der Waals surface area contributed by atoms with Gasteiger partial charge >= 0.3 is 0 Å². The molecule has 1 aromatic heterocycles. The summed E-state index contributed by atoms with van der Waals surface area (Å²) in [5, 5.41) is 0. The third kappa shape index (κ3) is 3.26. The molecule has 4 unspecified atom stereocenters.